The van der Waals surface area contributed by atoms with Gasteiger partial charge in [-0.3, -0.25) is 4.40 Å². The molecule has 176 valence electrons. The lowest BCUT2D eigenvalue weighted by atomic mass is 10.1. The number of aromatic nitrogens is 4. The molecule has 0 spiro atoms. The van der Waals surface area contributed by atoms with E-state index in [-0.39, 0.29) is 11.7 Å². The van der Waals surface area contributed by atoms with Crippen molar-refractivity contribution >= 4 is 17.4 Å². The Morgan fingerprint density at radius 1 is 1.06 bits per heavy atom. The molecular formula is C26H24N6O3. The first-order chi connectivity index (χ1) is 17.0. The van der Waals surface area contributed by atoms with Crippen LogP contribution in [0.15, 0.2) is 88.4 Å². The summed E-state index contributed by atoms with van der Waals surface area (Å²) in [5, 5.41) is 10.0. The Bertz CT molecular complexity index is 1530. The quantitative estimate of drug-likeness (QED) is 0.377. The molecule has 9 nitrogen and oxygen atoms in total. The molecule has 5 rings (SSSR count). The van der Waals surface area contributed by atoms with Gasteiger partial charge in [0.1, 0.15) is 6.26 Å². The molecule has 2 amide bonds. The van der Waals surface area contributed by atoms with Crippen LogP contribution in [0, 0.1) is 6.92 Å². The highest BCUT2D eigenvalue weighted by Gasteiger charge is 2.09. The third-order valence-electron chi connectivity index (χ3n) is 5.52. The second-order valence-corrected chi connectivity index (χ2v) is 8.21. The number of carbonyl (C=O) groups is 1. The first-order valence-corrected chi connectivity index (χ1v) is 11.2. The molecule has 0 saturated carbocycles. The molecular weight excluding hydrogens is 444 g/mol. The second-order valence-electron chi connectivity index (χ2n) is 8.21. The largest absolute Gasteiger partial charge is 0.444 e. The first kappa shape index (κ1) is 22.1. The summed E-state index contributed by atoms with van der Waals surface area (Å²) < 4.78 is 8.46. The lowest BCUT2D eigenvalue weighted by molar-refractivity contribution is 0.252. The number of pyridine rings is 1. The lowest BCUT2D eigenvalue weighted by Crippen LogP contribution is -2.30. The number of nitrogens with one attached hydrogen (secondary N) is 2. The summed E-state index contributed by atoms with van der Waals surface area (Å²) in [5.41, 5.74) is 4.70. The normalized spacial score (nSPS) is 11.0. The Morgan fingerprint density at radius 2 is 1.91 bits per heavy atom. The number of fused-ring (bicyclic) bond motifs is 1. The number of anilines is 1. The van der Waals surface area contributed by atoms with Crippen LogP contribution in [0.3, 0.4) is 0 Å². The monoisotopic (exact) mass is 468 g/mol. The fourth-order valence-electron chi connectivity index (χ4n) is 3.72. The third kappa shape index (κ3) is 5.14. The molecule has 3 heterocycles. The molecule has 0 aliphatic heterocycles. The van der Waals surface area contributed by atoms with Gasteiger partial charge in [-0.05, 0) is 48.9 Å². The van der Waals surface area contributed by atoms with Crippen LogP contribution >= 0.6 is 0 Å². The van der Waals surface area contributed by atoms with Crippen LogP contribution in [0.4, 0.5) is 10.5 Å². The minimum Gasteiger partial charge on any atom is -0.444 e. The molecule has 0 unspecified atom stereocenters. The van der Waals surface area contributed by atoms with E-state index in [2.05, 4.69) is 20.7 Å². The van der Waals surface area contributed by atoms with Gasteiger partial charge in [0.25, 0.3) is 0 Å². The van der Waals surface area contributed by atoms with Gasteiger partial charge in [0.05, 0.1) is 12.2 Å². The van der Waals surface area contributed by atoms with Gasteiger partial charge in [-0.1, -0.05) is 35.9 Å². The molecule has 9 heteroatoms. The summed E-state index contributed by atoms with van der Waals surface area (Å²) in [6.45, 7) is 2.73. The Morgan fingerprint density at radius 3 is 2.74 bits per heavy atom. The van der Waals surface area contributed by atoms with Gasteiger partial charge in [0.2, 0.25) is 5.89 Å². The number of nitrogens with zero attached hydrogens (tertiary/aromatic N) is 4. The summed E-state index contributed by atoms with van der Waals surface area (Å²) in [5.74, 6) is 0.561. The van der Waals surface area contributed by atoms with Crippen molar-refractivity contribution in [1.29, 1.82) is 0 Å². The number of aryl methyl sites for hydroxylation is 1. The molecule has 0 radical (unpaired) electrons. The SMILES string of the molecule is Cc1ccc(-c2nc(CCNC(=O)Nc3cccc(Cn4nc5ccccn5c4=O)c3)co2)cc1. The van der Waals surface area contributed by atoms with Crippen molar-refractivity contribution in [1.82, 2.24) is 24.5 Å². The third-order valence-corrected chi connectivity index (χ3v) is 5.52. The number of oxazole rings is 1. The van der Waals surface area contributed by atoms with E-state index in [0.717, 1.165) is 16.8 Å². The van der Waals surface area contributed by atoms with Crippen molar-refractivity contribution in [3.63, 3.8) is 0 Å². The van der Waals surface area contributed by atoms with Crippen molar-refractivity contribution in [2.75, 3.05) is 11.9 Å². The summed E-state index contributed by atoms with van der Waals surface area (Å²) in [6.07, 6.45) is 3.84. The summed E-state index contributed by atoms with van der Waals surface area (Å²) in [4.78, 5) is 29.4. The smallest absolute Gasteiger partial charge is 0.350 e. The predicted molar refractivity (Wildman–Crippen MR) is 132 cm³/mol. The van der Waals surface area contributed by atoms with Crippen molar-refractivity contribution in [3.8, 4) is 11.5 Å². The zero-order valence-electron chi connectivity index (χ0n) is 19.1. The van der Waals surface area contributed by atoms with Crippen molar-refractivity contribution in [3.05, 3.63) is 106 Å². The van der Waals surface area contributed by atoms with Crippen molar-refractivity contribution in [2.24, 2.45) is 0 Å². The maximum Gasteiger partial charge on any atom is 0.350 e. The second kappa shape index (κ2) is 9.68. The maximum atomic E-state index is 12.5. The highest BCUT2D eigenvalue weighted by molar-refractivity contribution is 5.89. The lowest BCUT2D eigenvalue weighted by Gasteiger charge is -2.08. The standard InChI is InChI=1S/C26H24N6O3/c1-18-8-10-20(11-9-18)24-28-22(17-35-24)12-13-27-25(33)29-21-6-4-5-19(15-21)16-32-26(34)31-14-3-2-7-23(31)30-32/h2-11,14-15,17H,12-13,16H2,1H3,(H2,27,29,33). The molecule has 2 aromatic carbocycles. The zero-order chi connectivity index (χ0) is 24.2. The molecule has 3 aromatic heterocycles. The topological polar surface area (TPSA) is 106 Å². The predicted octanol–water partition coefficient (Wildman–Crippen LogP) is 3.87. The maximum absolute atomic E-state index is 12.5. The number of carbonyl (C=O) groups excluding carboxylic acids is 1. The van der Waals surface area contributed by atoms with Crippen LogP contribution in [0.2, 0.25) is 0 Å². The van der Waals surface area contributed by atoms with Gasteiger partial charge < -0.3 is 15.1 Å². The molecule has 0 fully saturated rings. The van der Waals surface area contributed by atoms with Crippen LogP contribution < -0.4 is 16.3 Å². The van der Waals surface area contributed by atoms with E-state index in [9.17, 15) is 9.59 Å². The molecule has 35 heavy (non-hydrogen) atoms. The number of hydrogen-bond donors (Lipinski definition) is 2. The van der Waals surface area contributed by atoms with E-state index >= 15 is 0 Å². The molecule has 5 aromatic rings. The number of benzene rings is 2. The first-order valence-electron chi connectivity index (χ1n) is 11.2. The molecule has 0 bridgehead atoms. The Hall–Kier alpha value is -4.66. The van der Waals surface area contributed by atoms with Crippen molar-refractivity contribution in [2.45, 2.75) is 19.9 Å². The Labute approximate surface area is 201 Å². The van der Waals surface area contributed by atoms with Crippen LogP contribution in [-0.4, -0.2) is 31.7 Å². The number of urea groups is 1. The molecule has 0 atom stereocenters. The van der Waals surface area contributed by atoms with Gasteiger partial charge in [-0.25, -0.2) is 19.3 Å². The summed E-state index contributed by atoms with van der Waals surface area (Å²) >= 11 is 0. The minimum atomic E-state index is -0.325. The Balaban J connectivity index is 1.15. The van der Waals surface area contributed by atoms with Crippen molar-refractivity contribution < 1.29 is 9.21 Å². The van der Waals surface area contributed by atoms with Gasteiger partial charge in [-0.2, -0.15) is 0 Å². The van der Waals surface area contributed by atoms with E-state index in [1.54, 1.807) is 30.7 Å². The summed E-state index contributed by atoms with van der Waals surface area (Å²) in [6, 6.07) is 20.4. The van der Waals surface area contributed by atoms with E-state index < -0.39 is 0 Å². The summed E-state index contributed by atoms with van der Waals surface area (Å²) in [7, 11) is 0. The highest BCUT2D eigenvalue weighted by atomic mass is 16.3. The van der Waals surface area contributed by atoms with E-state index in [4.69, 9.17) is 4.42 Å². The van der Waals surface area contributed by atoms with Crippen LogP contribution in [0.5, 0.6) is 0 Å². The molecule has 0 aliphatic rings. The van der Waals surface area contributed by atoms with Gasteiger partial charge in [0, 0.05) is 30.4 Å². The van der Waals surface area contributed by atoms with Crippen LogP contribution in [0.25, 0.3) is 17.1 Å². The minimum absolute atomic E-state index is 0.213. The van der Waals surface area contributed by atoms with E-state index in [0.29, 0.717) is 36.7 Å². The van der Waals surface area contributed by atoms with Gasteiger partial charge >= 0.3 is 11.7 Å². The molecule has 0 aliphatic carbocycles. The van der Waals surface area contributed by atoms with Gasteiger partial charge in [0.15, 0.2) is 5.65 Å². The molecule has 0 saturated heterocycles. The number of amides is 2. The Kier molecular flexibility index (Phi) is 6.13. The van der Waals surface area contributed by atoms with E-state index in [1.807, 2.05) is 55.5 Å². The van der Waals surface area contributed by atoms with Crippen LogP contribution in [0.1, 0.15) is 16.8 Å². The van der Waals surface area contributed by atoms with E-state index in [1.165, 1.54) is 14.6 Å². The zero-order valence-corrected chi connectivity index (χ0v) is 19.1. The highest BCUT2D eigenvalue weighted by Crippen LogP contribution is 2.19. The molecule has 2 N–H and O–H groups in total. The van der Waals surface area contributed by atoms with Gasteiger partial charge in [-0.15, -0.1) is 5.10 Å². The fourth-order valence-corrected chi connectivity index (χ4v) is 3.72. The number of hydrogen-bond acceptors (Lipinski definition) is 5. The fraction of sp³-hybridized carbons (Fsp3) is 0.154. The average Bonchev–Trinajstić information content (AvgIpc) is 3.45. The van der Waals surface area contributed by atoms with Crippen LogP contribution in [-0.2, 0) is 13.0 Å². The number of rotatable bonds is 7. The average molecular weight is 469 g/mol.